The number of nitrogens with one attached hydrogen (secondary N) is 1. The minimum atomic E-state index is -0.743. The molecule has 0 radical (unpaired) electrons. The van der Waals surface area contributed by atoms with Crippen molar-refractivity contribution in [3.63, 3.8) is 0 Å². The number of carbonyl (C=O) groups is 1. The smallest absolute Gasteiger partial charge is 0.343 e. The molecule has 0 saturated carbocycles. The van der Waals surface area contributed by atoms with Gasteiger partial charge in [0.1, 0.15) is 11.4 Å². The fraction of sp³-hybridized carbons (Fsp3) is 0.0909. The first-order valence-electron chi connectivity index (χ1n) is 4.63. The second-order valence-electron chi connectivity index (χ2n) is 3.33. The van der Waals surface area contributed by atoms with Gasteiger partial charge in [-0.3, -0.25) is 4.79 Å². The van der Waals surface area contributed by atoms with E-state index in [1.165, 1.54) is 19.4 Å². The van der Waals surface area contributed by atoms with E-state index in [0.717, 1.165) is 6.07 Å². The van der Waals surface area contributed by atoms with E-state index < -0.39 is 17.2 Å². The van der Waals surface area contributed by atoms with Crippen LogP contribution in [0.25, 0.3) is 10.9 Å². The Bertz CT molecular complexity index is 666. The Hall–Kier alpha value is -1.44. The van der Waals surface area contributed by atoms with Crippen LogP contribution in [0.15, 0.2) is 23.1 Å². The van der Waals surface area contributed by atoms with Gasteiger partial charge in [0, 0.05) is 9.77 Å². The molecule has 0 amide bonds. The quantitative estimate of drug-likeness (QED) is 0.635. The number of fused-ring (bicyclic) bond motifs is 1. The summed E-state index contributed by atoms with van der Waals surface area (Å²) in [6.45, 7) is 0. The van der Waals surface area contributed by atoms with E-state index in [2.05, 4.69) is 9.72 Å². The molecular weight excluding hydrogens is 340 g/mol. The molecule has 0 aliphatic rings. The van der Waals surface area contributed by atoms with E-state index in [0.29, 0.717) is 9.09 Å². The largest absolute Gasteiger partial charge is 0.465 e. The molecule has 4 nitrogen and oxygen atoms in total. The van der Waals surface area contributed by atoms with Crippen molar-refractivity contribution in [2.75, 3.05) is 7.11 Å². The summed E-state index contributed by atoms with van der Waals surface area (Å²) in [5, 5.41) is 0.136. The number of esters is 1. The standard InChI is InChI=1S/C11H7FINO3/c1-17-11(16)7-4-14-9-6(10(7)15)2-5(12)3-8(9)13/h2-4H,1H3,(H,14,15). The monoisotopic (exact) mass is 347 g/mol. The van der Waals surface area contributed by atoms with Gasteiger partial charge >= 0.3 is 5.97 Å². The molecule has 1 aromatic carbocycles. The lowest BCUT2D eigenvalue weighted by atomic mass is 10.1. The zero-order valence-electron chi connectivity index (χ0n) is 8.71. The minimum absolute atomic E-state index is 0.136. The maximum absolute atomic E-state index is 13.2. The van der Waals surface area contributed by atoms with Crippen molar-refractivity contribution in [1.82, 2.24) is 4.98 Å². The van der Waals surface area contributed by atoms with Crippen LogP contribution in [0.3, 0.4) is 0 Å². The zero-order valence-corrected chi connectivity index (χ0v) is 10.9. The number of aromatic nitrogens is 1. The average molecular weight is 347 g/mol. The van der Waals surface area contributed by atoms with Crippen molar-refractivity contribution in [2.45, 2.75) is 0 Å². The third kappa shape index (κ3) is 2.04. The minimum Gasteiger partial charge on any atom is -0.465 e. The van der Waals surface area contributed by atoms with Crippen LogP contribution >= 0.6 is 22.6 Å². The highest BCUT2D eigenvalue weighted by Crippen LogP contribution is 2.18. The summed E-state index contributed by atoms with van der Waals surface area (Å²) in [6, 6.07) is 2.40. The molecule has 0 spiro atoms. The molecule has 2 aromatic rings. The second kappa shape index (κ2) is 4.44. The van der Waals surface area contributed by atoms with Gasteiger partial charge in [0.15, 0.2) is 0 Å². The van der Waals surface area contributed by atoms with E-state index in [9.17, 15) is 14.0 Å². The van der Waals surface area contributed by atoms with Gasteiger partial charge in [-0.2, -0.15) is 0 Å². The molecule has 0 saturated heterocycles. The number of methoxy groups -OCH3 is 1. The number of hydrogen-bond donors (Lipinski definition) is 1. The van der Waals surface area contributed by atoms with Crippen LogP contribution in [0, 0.1) is 9.39 Å². The van der Waals surface area contributed by atoms with Crippen LogP contribution in [0.5, 0.6) is 0 Å². The maximum atomic E-state index is 13.2. The van der Waals surface area contributed by atoms with Gasteiger partial charge in [-0.1, -0.05) is 0 Å². The van der Waals surface area contributed by atoms with Crippen LogP contribution in [0.2, 0.25) is 0 Å². The van der Waals surface area contributed by atoms with E-state index in [1.807, 2.05) is 22.6 Å². The predicted molar refractivity (Wildman–Crippen MR) is 68.6 cm³/mol. The number of aromatic amines is 1. The Labute approximate surface area is 109 Å². The van der Waals surface area contributed by atoms with Crippen LogP contribution < -0.4 is 5.43 Å². The topological polar surface area (TPSA) is 59.2 Å². The molecule has 17 heavy (non-hydrogen) atoms. The fourth-order valence-electron chi connectivity index (χ4n) is 1.52. The van der Waals surface area contributed by atoms with Crippen molar-refractivity contribution < 1.29 is 13.9 Å². The summed E-state index contributed by atoms with van der Waals surface area (Å²) >= 11 is 1.91. The molecule has 0 fully saturated rings. The third-order valence-corrected chi connectivity index (χ3v) is 3.16. The first-order valence-corrected chi connectivity index (χ1v) is 5.71. The lowest BCUT2D eigenvalue weighted by molar-refractivity contribution is 0.0599. The Morgan fingerprint density at radius 1 is 1.47 bits per heavy atom. The SMILES string of the molecule is COC(=O)c1c[nH]c2c(I)cc(F)cc2c1=O. The summed E-state index contributed by atoms with van der Waals surface area (Å²) in [6.07, 6.45) is 1.27. The fourth-order valence-corrected chi connectivity index (χ4v) is 2.26. The van der Waals surface area contributed by atoms with Crippen LogP contribution in [0.1, 0.15) is 10.4 Å². The number of benzene rings is 1. The molecule has 6 heteroatoms. The lowest BCUT2D eigenvalue weighted by Gasteiger charge is -2.03. The molecule has 1 heterocycles. The number of carbonyl (C=O) groups excluding carboxylic acids is 1. The summed E-state index contributed by atoms with van der Waals surface area (Å²) in [7, 11) is 1.18. The zero-order chi connectivity index (χ0) is 12.6. The van der Waals surface area contributed by atoms with E-state index in [1.54, 1.807) is 0 Å². The number of hydrogen-bond acceptors (Lipinski definition) is 3. The van der Waals surface area contributed by atoms with Gasteiger partial charge in [-0.05, 0) is 34.7 Å². The van der Waals surface area contributed by atoms with Crippen LogP contribution in [-0.2, 0) is 4.74 Å². The first kappa shape index (κ1) is 12.0. The van der Waals surface area contributed by atoms with Gasteiger partial charge in [0.25, 0.3) is 0 Å². The Morgan fingerprint density at radius 2 is 2.18 bits per heavy atom. The molecule has 0 bridgehead atoms. The molecule has 0 atom stereocenters. The first-order chi connectivity index (χ1) is 8.04. The van der Waals surface area contributed by atoms with Crippen molar-refractivity contribution in [1.29, 1.82) is 0 Å². The molecule has 1 N–H and O–H groups in total. The Kier molecular flexibility index (Phi) is 3.14. The van der Waals surface area contributed by atoms with Crippen molar-refractivity contribution in [2.24, 2.45) is 0 Å². The van der Waals surface area contributed by atoms with Crippen molar-refractivity contribution in [3.05, 3.63) is 43.5 Å². The van der Waals surface area contributed by atoms with E-state index in [4.69, 9.17) is 0 Å². The van der Waals surface area contributed by atoms with Crippen LogP contribution in [0.4, 0.5) is 4.39 Å². The van der Waals surface area contributed by atoms with Gasteiger partial charge in [-0.15, -0.1) is 0 Å². The normalized spacial score (nSPS) is 10.5. The summed E-state index contributed by atoms with van der Waals surface area (Å²) in [4.78, 5) is 26.0. The summed E-state index contributed by atoms with van der Waals surface area (Å²) in [5.74, 6) is -1.26. The lowest BCUT2D eigenvalue weighted by Crippen LogP contribution is -2.17. The highest BCUT2D eigenvalue weighted by atomic mass is 127. The van der Waals surface area contributed by atoms with Crippen molar-refractivity contribution in [3.8, 4) is 0 Å². The molecule has 88 valence electrons. The van der Waals surface area contributed by atoms with E-state index >= 15 is 0 Å². The summed E-state index contributed by atoms with van der Waals surface area (Å²) in [5.41, 5.74) is -0.172. The third-order valence-electron chi connectivity index (χ3n) is 2.31. The highest BCUT2D eigenvalue weighted by molar-refractivity contribution is 14.1. The number of halogens is 2. The molecular formula is C11H7FINO3. The predicted octanol–water partition coefficient (Wildman–Crippen LogP) is 2.06. The molecule has 2 rings (SSSR count). The number of rotatable bonds is 1. The Balaban J connectivity index is 2.85. The summed E-state index contributed by atoms with van der Waals surface area (Å²) < 4.78 is 18.3. The van der Waals surface area contributed by atoms with Crippen LogP contribution in [-0.4, -0.2) is 18.1 Å². The number of pyridine rings is 1. The average Bonchev–Trinajstić information content (AvgIpc) is 2.29. The van der Waals surface area contributed by atoms with Gasteiger partial charge in [0.05, 0.1) is 18.0 Å². The van der Waals surface area contributed by atoms with Gasteiger partial charge in [0.2, 0.25) is 5.43 Å². The molecule has 0 aliphatic carbocycles. The van der Waals surface area contributed by atoms with Gasteiger partial charge < -0.3 is 9.72 Å². The van der Waals surface area contributed by atoms with Gasteiger partial charge in [-0.25, -0.2) is 9.18 Å². The highest BCUT2D eigenvalue weighted by Gasteiger charge is 2.14. The molecule has 1 aromatic heterocycles. The Morgan fingerprint density at radius 3 is 2.82 bits per heavy atom. The van der Waals surface area contributed by atoms with Crippen molar-refractivity contribution >= 4 is 39.5 Å². The molecule has 0 unspecified atom stereocenters. The van der Waals surface area contributed by atoms with E-state index in [-0.39, 0.29) is 10.9 Å². The second-order valence-corrected chi connectivity index (χ2v) is 4.50. The maximum Gasteiger partial charge on any atom is 0.343 e. The number of ether oxygens (including phenoxy) is 1. The number of H-pyrrole nitrogens is 1. The molecule has 0 aliphatic heterocycles.